The first-order valence-electron chi connectivity index (χ1n) is 7.57. The van der Waals surface area contributed by atoms with Gasteiger partial charge in [0.05, 0.1) is 16.9 Å². The van der Waals surface area contributed by atoms with E-state index in [1.165, 1.54) is 24.5 Å². The van der Waals surface area contributed by atoms with Crippen molar-refractivity contribution in [3.8, 4) is 0 Å². The average molecular weight is 356 g/mol. The molecular formula is C18H16N2O4S. The molecular weight excluding hydrogens is 340 g/mol. The molecule has 0 aliphatic rings. The van der Waals surface area contributed by atoms with Gasteiger partial charge in [0.15, 0.2) is 15.6 Å². The zero-order valence-corrected chi connectivity index (χ0v) is 14.1. The number of carbonyl (C=O) groups is 1. The van der Waals surface area contributed by atoms with Crippen LogP contribution in [0.2, 0.25) is 0 Å². The highest BCUT2D eigenvalue weighted by atomic mass is 32.2. The van der Waals surface area contributed by atoms with Crippen molar-refractivity contribution in [2.45, 2.75) is 17.2 Å². The molecule has 1 aromatic carbocycles. The standard InChI is InChI=1S/C18H16N2O4S/c21-18(20-12-14-5-4-9-19-11-14)17-15(8-10-24-17)13-25(22,23)16-6-2-1-3-7-16/h1-11H,12-13H2,(H,20,21). The van der Waals surface area contributed by atoms with Crippen LogP contribution in [0, 0.1) is 0 Å². The number of aromatic nitrogens is 1. The summed E-state index contributed by atoms with van der Waals surface area (Å²) in [6.07, 6.45) is 4.60. The molecule has 0 aliphatic heterocycles. The largest absolute Gasteiger partial charge is 0.459 e. The van der Waals surface area contributed by atoms with Crippen LogP contribution < -0.4 is 5.32 Å². The summed E-state index contributed by atoms with van der Waals surface area (Å²) >= 11 is 0. The number of rotatable bonds is 6. The van der Waals surface area contributed by atoms with Gasteiger partial charge in [-0.05, 0) is 29.8 Å². The molecule has 0 fully saturated rings. The van der Waals surface area contributed by atoms with Gasteiger partial charge in [-0.3, -0.25) is 9.78 Å². The predicted octanol–water partition coefficient (Wildman–Crippen LogP) is 2.58. The normalized spacial score (nSPS) is 11.2. The van der Waals surface area contributed by atoms with Gasteiger partial charge in [0.2, 0.25) is 0 Å². The van der Waals surface area contributed by atoms with Crippen LogP contribution in [0.3, 0.4) is 0 Å². The third-order valence-electron chi connectivity index (χ3n) is 3.58. The summed E-state index contributed by atoms with van der Waals surface area (Å²) in [5, 5.41) is 2.70. The van der Waals surface area contributed by atoms with Crippen LogP contribution in [0.15, 0.2) is 76.5 Å². The van der Waals surface area contributed by atoms with Crippen molar-refractivity contribution in [3.05, 3.63) is 84.1 Å². The van der Waals surface area contributed by atoms with Gasteiger partial charge in [-0.15, -0.1) is 0 Å². The van der Waals surface area contributed by atoms with E-state index in [1.807, 2.05) is 6.07 Å². The van der Waals surface area contributed by atoms with Crippen molar-refractivity contribution in [1.29, 1.82) is 0 Å². The van der Waals surface area contributed by atoms with E-state index >= 15 is 0 Å². The Hall–Kier alpha value is -2.93. The molecule has 128 valence electrons. The second-order valence-electron chi connectivity index (χ2n) is 5.39. The Balaban J connectivity index is 1.73. The van der Waals surface area contributed by atoms with Crippen LogP contribution in [-0.2, 0) is 22.1 Å². The van der Waals surface area contributed by atoms with Crippen molar-refractivity contribution < 1.29 is 17.6 Å². The van der Waals surface area contributed by atoms with Crippen LogP contribution in [0.5, 0.6) is 0 Å². The second-order valence-corrected chi connectivity index (χ2v) is 7.38. The highest BCUT2D eigenvalue weighted by molar-refractivity contribution is 7.90. The maximum absolute atomic E-state index is 12.5. The minimum absolute atomic E-state index is 0.00314. The van der Waals surface area contributed by atoms with Gasteiger partial charge < -0.3 is 9.73 Å². The summed E-state index contributed by atoms with van der Waals surface area (Å²) in [7, 11) is -3.56. The highest BCUT2D eigenvalue weighted by Crippen LogP contribution is 2.20. The van der Waals surface area contributed by atoms with Gasteiger partial charge in [0, 0.05) is 24.5 Å². The first-order valence-corrected chi connectivity index (χ1v) is 9.23. The number of carbonyl (C=O) groups excluding carboxylic acids is 1. The molecule has 6 nitrogen and oxygen atoms in total. The maximum Gasteiger partial charge on any atom is 0.287 e. The predicted molar refractivity (Wildman–Crippen MR) is 91.4 cm³/mol. The Kier molecular flexibility index (Phi) is 4.95. The van der Waals surface area contributed by atoms with Gasteiger partial charge in [0.25, 0.3) is 5.91 Å². The van der Waals surface area contributed by atoms with E-state index in [0.29, 0.717) is 5.56 Å². The van der Waals surface area contributed by atoms with Crippen molar-refractivity contribution in [3.63, 3.8) is 0 Å². The number of nitrogens with zero attached hydrogens (tertiary/aromatic N) is 1. The number of amides is 1. The van der Waals surface area contributed by atoms with Gasteiger partial charge in [-0.25, -0.2) is 8.42 Å². The van der Waals surface area contributed by atoms with Crippen molar-refractivity contribution >= 4 is 15.7 Å². The topological polar surface area (TPSA) is 89.3 Å². The monoisotopic (exact) mass is 356 g/mol. The Bertz CT molecular complexity index is 951. The fourth-order valence-electron chi connectivity index (χ4n) is 2.33. The molecule has 0 saturated heterocycles. The lowest BCUT2D eigenvalue weighted by molar-refractivity contribution is 0.0922. The Morgan fingerprint density at radius 1 is 1.08 bits per heavy atom. The molecule has 0 spiro atoms. The van der Waals surface area contributed by atoms with E-state index < -0.39 is 15.7 Å². The fraction of sp³-hybridized carbons (Fsp3) is 0.111. The number of pyridine rings is 1. The van der Waals surface area contributed by atoms with Gasteiger partial charge >= 0.3 is 0 Å². The summed E-state index contributed by atoms with van der Waals surface area (Å²) in [4.78, 5) is 16.5. The molecule has 1 amide bonds. The molecule has 0 atom stereocenters. The molecule has 2 heterocycles. The second kappa shape index (κ2) is 7.31. The minimum Gasteiger partial charge on any atom is -0.459 e. The number of benzene rings is 1. The summed E-state index contributed by atoms with van der Waals surface area (Å²) in [5.74, 6) is -0.765. The molecule has 0 radical (unpaired) electrons. The number of hydrogen-bond donors (Lipinski definition) is 1. The third-order valence-corrected chi connectivity index (χ3v) is 5.26. The summed E-state index contributed by atoms with van der Waals surface area (Å²) in [5.41, 5.74) is 1.16. The molecule has 0 unspecified atom stereocenters. The summed E-state index contributed by atoms with van der Waals surface area (Å²) in [6.45, 7) is 0.276. The van der Waals surface area contributed by atoms with Crippen LogP contribution in [0.25, 0.3) is 0 Å². The molecule has 0 aliphatic carbocycles. The molecule has 7 heteroatoms. The number of hydrogen-bond acceptors (Lipinski definition) is 5. The maximum atomic E-state index is 12.5. The van der Waals surface area contributed by atoms with Crippen LogP contribution in [0.1, 0.15) is 21.7 Å². The van der Waals surface area contributed by atoms with Gasteiger partial charge in [-0.1, -0.05) is 24.3 Å². The smallest absolute Gasteiger partial charge is 0.287 e. The Labute approximate surface area is 145 Å². The third kappa shape index (κ3) is 4.13. The van der Waals surface area contributed by atoms with E-state index in [9.17, 15) is 13.2 Å². The summed E-state index contributed by atoms with van der Waals surface area (Å²) < 4.78 is 30.1. The molecule has 0 saturated carbocycles. The van der Waals surface area contributed by atoms with E-state index in [4.69, 9.17) is 4.42 Å². The number of sulfone groups is 1. The molecule has 3 rings (SSSR count). The number of furan rings is 1. The van der Waals surface area contributed by atoms with Crippen LogP contribution in [-0.4, -0.2) is 19.3 Å². The van der Waals surface area contributed by atoms with E-state index in [2.05, 4.69) is 10.3 Å². The first-order chi connectivity index (χ1) is 12.1. The van der Waals surface area contributed by atoms with E-state index in [1.54, 1.807) is 36.7 Å². The minimum atomic E-state index is -3.56. The first kappa shape index (κ1) is 16.9. The number of nitrogens with one attached hydrogen (secondary N) is 1. The molecule has 25 heavy (non-hydrogen) atoms. The lowest BCUT2D eigenvalue weighted by Gasteiger charge is -2.06. The van der Waals surface area contributed by atoms with Crippen molar-refractivity contribution in [1.82, 2.24) is 10.3 Å². The van der Waals surface area contributed by atoms with Crippen LogP contribution in [0.4, 0.5) is 0 Å². The molecule has 0 bridgehead atoms. The highest BCUT2D eigenvalue weighted by Gasteiger charge is 2.22. The van der Waals surface area contributed by atoms with Gasteiger partial charge in [0.1, 0.15) is 0 Å². The average Bonchev–Trinajstić information content (AvgIpc) is 3.09. The zero-order chi connectivity index (χ0) is 17.7. The fourth-order valence-corrected chi connectivity index (χ4v) is 3.70. The quantitative estimate of drug-likeness (QED) is 0.733. The van der Waals surface area contributed by atoms with Crippen molar-refractivity contribution in [2.75, 3.05) is 0 Å². The molecule has 3 aromatic rings. The van der Waals surface area contributed by atoms with Crippen molar-refractivity contribution in [2.24, 2.45) is 0 Å². The SMILES string of the molecule is O=C(NCc1cccnc1)c1occc1CS(=O)(=O)c1ccccc1. The van der Waals surface area contributed by atoms with Gasteiger partial charge in [-0.2, -0.15) is 0 Å². The Morgan fingerprint density at radius 3 is 2.60 bits per heavy atom. The molecule has 2 aromatic heterocycles. The van der Waals surface area contributed by atoms with Crippen LogP contribution >= 0.6 is 0 Å². The summed E-state index contributed by atoms with van der Waals surface area (Å²) in [6, 6.07) is 13.2. The lowest BCUT2D eigenvalue weighted by atomic mass is 10.2. The zero-order valence-electron chi connectivity index (χ0n) is 13.3. The van der Waals surface area contributed by atoms with E-state index in [-0.39, 0.29) is 23.0 Å². The lowest BCUT2D eigenvalue weighted by Crippen LogP contribution is -2.23. The van der Waals surface area contributed by atoms with E-state index in [0.717, 1.165) is 5.56 Å². The molecule has 1 N–H and O–H groups in total. The Morgan fingerprint density at radius 2 is 1.88 bits per heavy atom.